The van der Waals surface area contributed by atoms with Crippen LogP contribution in [-0.4, -0.2) is 28.5 Å². The van der Waals surface area contributed by atoms with Gasteiger partial charge in [0.05, 0.1) is 6.04 Å². The molecule has 0 radical (unpaired) electrons. The molecule has 0 amide bonds. The molecule has 31 heavy (non-hydrogen) atoms. The topological polar surface area (TPSA) is 33.2 Å². The molecule has 158 valence electrons. The van der Waals surface area contributed by atoms with Gasteiger partial charge in [-0.05, 0) is 47.2 Å². The van der Waals surface area contributed by atoms with Crippen LogP contribution in [0.1, 0.15) is 36.6 Å². The van der Waals surface area contributed by atoms with Crippen LogP contribution >= 0.6 is 11.8 Å². The quantitative estimate of drug-likeness (QED) is 0.366. The summed E-state index contributed by atoms with van der Waals surface area (Å²) in [5.41, 5.74) is 3.71. The molecule has 3 nitrogen and oxygen atoms in total. The number of aromatic nitrogens is 1. The third-order valence-corrected chi connectivity index (χ3v) is 6.55. The number of piperidine rings is 1. The first-order valence-corrected chi connectivity index (χ1v) is 11.8. The van der Waals surface area contributed by atoms with Crippen LogP contribution in [0.3, 0.4) is 0 Å². The summed E-state index contributed by atoms with van der Waals surface area (Å²) < 4.78 is 0. The number of carbonyl (C=O) groups excluding carboxylic acids is 1. The molecule has 4 heteroatoms. The van der Waals surface area contributed by atoms with Gasteiger partial charge in [-0.15, -0.1) is 11.8 Å². The molecule has 1 atom stereocenters. The number of hydrogen-bond acceptors (Lipinski definition) is 4. The Kier molecular flexibility index (Phi) is 6.40. The number of rotatable bonds is 5. The zero-order chi connectivity index (χ0) is 21.8. The highest BCUT2D eigenvalue weighted by Gasteiger charge is 2.43. The van der Waals surface area contributed by atoms with Crippen LogP contribution in [0, 0.1) is 5.41 Å². The fourth-order valence-corrected chi connectivity index (χ4v) is 4.71. The molecule has 1 aliphatic rings. The van der Waals surface area contributed by atoms with Gasteiger partial charge >= 0.3 is 0 Å². The lowest BCUT2D eigenvalue weighted by Crippen LogP contribution is -2.49. The van der Waals surface area contributed by atoms with Gasteiger partial charge in [-0.25, -0.2) is 0 Å². The number of ketones is 1. The van der Waals surface area contributed by atoms with Gasteiger partial charge < -0.3 is 0 Å². The third kappa shape index (κ3) is 4.81. The van der Waals surface area contributed by atoms with E-state index in [4.69, 9.17) is 0 Å². The molecule has 3 aromatic rings. The number of nitrogens with zero attached hydrogens (tertiary/aromatic N) is 2. The maximum absolute atomic E-state index is 13.6. The highest BCUT2D eigenvalue weighted by atomic mass is 32.2. The average Bonchev–Trinajstić information content (AvgIpc) is 2.79. The molecule has 1 fully saturated rings. The van der Waals surface area contributed by atoms with Gasteiger partial charge in [-0.1, -0.05) is 62.4 Å². The van der Waals surface area contributed by atoms with Crippen molar-refractivity contribution in [1.82, 2.24) is 9.88 Å². The predicted octanol–water partition coefficient (Wildman–Crippen LogP) is 6.04. The molecule has 1 aliphatic heterocycles. The van der Waals surface area contributed by atoms with E-state index in [0.29, 0.717) is 6.54 Å². The van der Waals surface area contributed by atoms with Crippen molar-refractivity contribution in [2.75, 3.05) is 12.8 Å². The number of benzene rings is 2. The Morgan fingerprint density at radius 1 is 1.06 bits per heavy atom. The Morgan fingerprint density at radius 2 is 1.81 bits per heavy atom. The van der Waals surface area contributed by atoms with Crippen molar-refractivity contribution in [3.63, 3.8) is 0 Å². The Morgan fingerprint density at radius 3 is 2.45 bits per heavy atom. The van der Waals surface area contributed by atoms with E-state index < -0.39 is 5.41 Å². The summed E-state index contributed by atoms with van der Waals surface area (Å²) in [6, 6.07) is 22.8. The van der Waals surface area contributed by atoms with Gasteiger partial charge in [0.1, 0.15) is 0 Å². The van der Waals surface area contributed by atoms with E-state index in [0.717, 1.165) is 23.2 Å². The van der Waals surface area contributed by atoms with Crippen LogP contribution in [0.25, 0.3) is 6.08 Å². The minimum Gasteiger partial charge on any atom is -0.294 e. The number of Topliss-reactive ketones (excluding diaryl/α,β-unsaturated/α-hetero) is 1. The lowest BCUT2D eigenvalue weighted by Gasteiger charge is -2.44. The number of thioether (sulfide) groups is 1. The highest BCUT2D eigenvalue weighted by molar-refractivity contribution is 7.98. The normalized spacial score (nSPS) is 20.2. The fraction of sp³-hybridized carbons (Fsp3) is 0.259. The maximum Gasteiger partial charge on any atom is 0.167 e. The van der Waals surface area contributed by atoms with E-state index in [1.165, 1.54) is 10.5 Å². The first-order chi connectivity index (χ1) is 15.0. The molecule has 0 bridgehead atoms. The molecule has 0 saturated carbocycles. The van der Waals surface area contributed by atoms with Crippen molar-refractivity contribution in [2.45, 2.75) is 31.3 Å². The first kappa shape index (κ1) is 21.5. The molecular formula is C27H28N2OS. The lowest BCUT2D eigenvalue weighted by atomic mass is 9.74. The predicted molar refractivity (Wildman–Crippen MR) is 129 cm³/mol. The van der Waals surface area contributed by atoms with E-state index in [1.54, 1.807) is 18.0 Å². The summed E-state index contributed by atoms with van der Waals surface area (Å²) in [6.07, 6.45) is 7.81. The van der Waals surface area contributed by atoms with Crippen LogP contribution in [-0.2, 0) is 11.3 Å². The summed E-state index contributed by atoms with van der Waals surface area (Å²) in [7, 11) is 0. The third-order valence-electron chi connectivity index (χ3n) is 5.80. The first-order valence-electron chi connectivity index (χ1n) is 10.6. The monoisotopic (exact) mass is 428 g/mol. The molecular weight excluding hydrogens is 400 g/mol. The molecule has 4 rings (SSSR count). The van der Waals surface area contributed by atoms with E-state index in [-0.39, 0.29) is 11.8 Å². The largest absolute Gasteiger partial charge is 0.294 e. The summed E-state index contributed by atoms with van der Waals surface area (Å²) >= 11 is 1.72. The Bertz CT molecular complexity index is 1060. The van der Waals surface area contributed by atoms with E-state index in [1.807, 2.05) is 18.3 Å². The smallest absolute Gasteiger partial charge is 0.167 e. The van der Waals surface area contributed by atoms with Crippen molar-refractivity contribution in [3.05, 3.63) is 101 Å². The van der Waals surface area contributed by atoms with Crippen molar-refractivity contribution in [3.8, 4) is 0 Å². The van der Waals surface area contributed by atoms with E-state index >= 15 is 0 Å². The molecule has 0 spiro atoms. The van der Waals surface area contributed by atoms with Crippen LogP contribution in [0.15, 0.2) is 89.6 Å². The highest BCUT2D eigenvalue weighted by Crippen LogP contribution is 2.42. The zero-order valence-electron chi connectivity index (χ0n) is 18.3. The molecule has 2 aromatic carbocycles. The van der Waals surface area contributed by atoms with Gasteiger partial charge in [-0.3, -0.25) is 14.7 Å². The second-order valence-electron chi connectivity index (χ2n) is 8.67. The maximum atomic E-state index is 13.6. The van der Waals surface area contributed by atoms with Crippen LogP contribution < -0.4 is 0 Å². The minimum atomic E-state index is -0.460. The van der Waals surface area contributed by atoms with Gasteiger partial charge in [0, 0.05) is 41.4 Å². The lowest BCUT2D eigenvalue weighted by molar-refractivity contribution is -0.128. The number of pyridine rings is 1. The van der Waals surface area contributed by atoms with E-state index in [2.05, 4.69) is 90.7 Å². The number of hydrogen-bond donors (Lipinski definition) is 0. The van der Waals surface area contributed by atoms with Crippen LogP contribution in [0.4, 0.5) is 0 Å². The van der Waals surface area contributed by atoms with Gasteiger partial charge in [-0.2, -0.15) is 0 Å². The van der Waals surface area contributed by atoms with Gasteiger partial charge in [0.25, 0.3) is 0 Å². The Hall–Kier alpha value is -2.69. The second kappa shape index (κ2) is 9.21. The summed E-state index contributed by atoms with van der Waals surface area (Å²) in [6.45, 7) is 5.58. The summed E-state index contributed by atoms with van der Waals surface area (Å²) in [4.78, 5) is 21.6. The van der Waals surface area contributed by atoms with Crippen molar-refractivity contribution < 1.29 is 4.79 Å². The molecule has 1 aromatic heterocycles. The average molecular weight is 429 g/mol. The molecule has 0 aliphatic carbocycles. The second-order valence-corrected chi connectivity index (χ2v) is 9.54. The fourth-order valence-electron chi connectivity index (χ4n) is 4.30. The van der Waals surface area contributed by atoms with Crippen molar-refractivity contribution in [1.29, 1.82) is 0 Å². The SMILES string of the molecule is CSc1ccc(C=C2C(=O)C(C)(C)CN(Cc3ccccc3)C2c2cccnc2)cc1. The Labute approximate surface area is 189 Å². The van der Waals surface area contributed by atoms with Gasteiger partial charge in [0.15, 0.2) is 5.78 Å². The number of carbonyl (C=O) groups is 1. The molecule has 1 saturated heterocycles. The molecule has 2 heterocycles. The van der Waals surface area contributed by atoms with Gasteiger partial charge in [0.2, 0.25) is 0 Å². The molecule has 1 unspecified atom stereocenters. The minimum absolute atomic E-state index is 0.130. The number of likely N-dealkylation sites (tertiary alicyclic amines) is 1. The van der Waals surface area contributed by atoms with E-state index in [9.17, 15) is 4.79 Å². The molecule has 0 N–H and O–H groups in total. The Balaban J connectivity index is 1.81. The zero-order valence-corrected chi connectivity index (χ0v) is 19.1. The van der Waals surface area contributed by atoms with Crippen LogP contribution in [0.5, 0.6) is 0 Å². The summed E-state index contributed by atoms with van der Waals surface area (Å²) in [5.74, 6) is 0.208. The standard InChI is InChI=1S/C27H28N2OS/c1-27(2)19-29(18-21-8-5-4-6-9-21)25(22-10-7-15-28-17-22)24(26(27)30)16-20-11-13-23(31-3)14-12-20/h4-17,25H,18-19H2,1-3H3. The van der Waals surface area contributed by atoms with Crippen molar-refractivity contribution >= 4 is 23.6 Å². The van der Waals surface area contributed by atoms with Crippen molar-refractivity contribution in [2.24, 2.45) is 5.41 Å². The summed E-state index contributed by atoms with van der Waals surface area (Å²) in [5, 5.41) is 0. The van der Waals surface area contributed by atoms with Crippen LogP contribution in [0.2, 0.25) is 0 Å².